The molecule has 1 aromatic heterocycles. The molecule has 6 heteroatoms. The number of rotatable bonds is 5. The summed E-state index contributed by atoms with van der Waals surface area (Å²) in [5, 5.41) is 5.66. The fourth-order valence-corrected chi connectivity index (χ4v) is 1.81. The molecule has 0 aliphatic carbocycles. The summed E-state index contributed by atoms with van der Waals surface area (Å²) >= 11 is 0. The Kier molecular flexibility index (Phi) is 4.71. The van der Waals surface area contributed by atoms with Crippen LogP contribution in [0.2, 0.25) is 0 Å². The van der Waals surface area contributed by atoms with E-state index in [9.17, 15) is 9.18 Å². The van der Waals surface area contributed by atoms with E-state index in [1.54, 1.807) is 18.2 Å². The third-order valence-corrected chi connectivity index (χ3v) is 2.89. The topological polar surface area (TPSA) is 80.0 Å². The molecule has 21 heavy (non-hydrogen) atoms. The van der Waals surface area contributed by atoms with Crippen molar-refractivity contribution < 1.29 is 9.18 Å². The van der Waals surface area contributed by atoms with Crippen molar-refractivity contribution in [3.05, 3.63) is 53.5 Å². The molecule has 5 nitrogen and oxygen atoms in total. The number of hydrogen-bond acceptors (Lipinski definition) is 4. The monoisotopic (exact) mass is 288 g/mol. The number of aryl methyl sites for hydroxylation is 1. The average molecular weight is 288 g/mol. The van der Waals surface area contributed by atoms with Crippen LogP contribution in [0, 0.1) is 12.7 Å². The van der Waals surface area contributed by atoms with Gasteiger partial charge in [-0.3, -0.25) is 4.79 Å². The Balaban J connectivity index is 1.84. The maximum atomic E-state index is 13.4. The lowest BCUT2D eigenvalue weighted by Crippen LogP contribution is -2.29. The highest BCUT2D eigenvalue weighted by Crippen LogP contribution is 2.14. The van der Waals surface area contributed by atoms with Gasteiger partial charge >= 0.3 is 0 Å². The minimum absolute atomic E-state index is 0.0331. The Hall–Kier alpha value is -2.63. The lowest BCUT2D eigenvalue weighted by atomic mass is 10.2. The van der Waals surface area contributed by atoms with Crippen molar-refractivity contribution in [3.63, 3.8) is 0 Å². The first kappa shape index (κ1) is 14.8. The Morgan fingerprint density at radius 2 is 2.00 bits per heavy atom. The summed E-state index contributed by atoms with van der Waals surface area (Å²) in [6, 6.07) is 9.44. The summed E-state index contributed by atoms with van der Waals surface area (Å²) in [6.45, 7) is 2.65. The number of nitrogens with two attached hydrogens (primary N) is 1. The highest BCUT2D eigenvalue weighted by atomic mass is 19.1. The number of hydrogen-bond donors (Lipinski definition) is 3. The summed E-state index contributed by atoms with van der Waals surface area (Å²) in [6.07, 6.45) is 0. The van der Waals surface area contributed by atoms with Gasteiger partial charge in [-0.25, -0.2) is 9.37 Å². The van der Waals surface area contributed by atoms with Crippen LogP contribution in [0.4, 0.5) is 15.9 Å². The summed E-state index contributed by atoms with van der Waals surface area (Å²) < 4.78 is 13.4. The maximum absolute atomic E-state index is 13.4. The van der Waals surface area contributed by atoms with Crippen molar-refractivity contribution in [1.82, 2.24) is 10.3 Å². The molecule has 0 fully saturated rings. The van der Waals surface area contributed by atoms with Gasteiger partial charge in [-0.15, -0.1) is 0 Å². The van der Waals surface area contributed by atoms with E-state index in [-0.39, 0.29) is 5.56 Å². The lowest BCUT2D eigenvalue weighted by Gasteiger charge is -2.10. The molecule has 110 valence electrons. The van der Waals surface area contributed by atoms with E-state index in [2.05, 4.69) is 15.6 Å². The zero-order valence-corrected chi connectivity index (χ0v) is 11.7. The number of amides is 1. The highest BCUT2D eigenvalue weighted by molar-refractivity contribution is 5.94. The van der Waals surface area contributed by atoms with Gasteiger partial charge in [-0.05, 0) is 31.2 Å². The minimum atomic E-state index is -0.535. The Bertz CT molecular complexity index is 645. The number of carbonyl (C=O) groups is 1. The predicted molar refractivity (Wildman–Crippen MR) is 80.6 cm³/mol. The molecule has 2 aromatic rings. The molecule has 0 spiro atoms. The molecule has 0 atom stereocenters. The van der Waals surface area contributed by atoms with Gasteiger partial charge in [0, 0.05) is 18.8 Å². The van der Waals surface area contributed by atoms with Gasteiger partial charge in [-0.1, -0.05) is 12.1 Å². The Morgan fingerprint density at radius 3 is 2.76 bits per heavy atom. The van der Waals surface area contributed by atoms with Crippen LogP contribution in [0.1, 0.15) is 16.1 Å². The smallest absolute Gasteiger partial charge is 0.254 e. The van der Waals surface area contributed by atoms with Crippen molar-refractivity contribution in [1.29, 1.82) is 0 Å². The number of carbonyl (C=O) groups excluding carboxylic acids is 1. The fourth-order valence-electron chi connectivity index (χ4n) is 1.81. The summed E-state index contributed by atoms with van der Waals surface area (Å²) in [4.78, 5) is 16.0. The van der Waals surface area contributed by atoms with E-state index in [4.69, 9.17) is 5.73 Å². The Morgan fingerprint density at radius 1 is 1.24 bits per heavy atom. The number of halogens is 1. The van der Waals surface area contributed by atoms with Gasteiger partial charge in [0.1, 0.15) is 11.6 Å². The van der Waals surface area contributed by atoms with E-state index in [1.807, 2.05) is 13.0 Å². The van der Waals surface area contributed by atoms with Crippen molar-refractivity contribution in [2.45, 2.75) is 6.92 Å². The second kappa shape index (κ2) is 6.69. The number of nitrogen functional groups attached to an aromatic ring is 1. The van der Waals surface area contributed by atoms with E-state index in [0.717, 1.165) is 5.69 Å². The summed E-state index contributed by atoms with van der Waals surface area (Å²) in [7, 11) is 0. The highest BCUT2D eigenvalue weighted by Gasteiger charge is 2.09. The van der Waals surface area contributed by atoms with Gasteiger partial charge in [-0.2, -0.15) is 0 Å². The first-order valence-electron chi connectivity index (χ1n) is 6.57. The van der Waals surface area contributed by atoms with Gasteiger partial charge in [0.15, 0.2) is 0 Å². The van der Waals surface area contributed by atoms with Gasteiger partial charge in [0.05, 0.1) is 11.3 Å². The fraction of sp³-hybridized carbons (Fsp3) is 0.200. The number of anilines is 2. The zero-order valence-electron chi connectivity index (χ0n) is 11.7. The average Bonchev–Trinajstić information content (AvgIpc) is 2.47. The number of benzene rings is 1. The number of pyridine rings is 1. The first-order valence-corrected chi connectivity index (χ1v) is 6.57. The molecule has 0 bridgehead atoms. The number of aromatic nitrogens is 1. The lowest BCUT2D eigenvalue weighted by molar-refractivity contribution is 0.0951. The van der Waals surface area contributed by atoms with Gasteiger partial charge in [0.2, 0.25) is 0 Å². The van der Waals surface area contributed by atoms with E-state index < -0.39 is 11.7 Å². The van der Waals surface area contributed by atoms with Crippen molar-refractivity contribution in [2.75, 3.05) is 24.1 Å². The molecule has 0 saturated heterocycles. The van der Waals surface area contributed by atoms with Crippen LogP contribution in [-0.2, 0) is 0 Å². The molecule has 0 unspecified atom stereocenters. The largest absolute Gasteiger partial charge is 0.396 e. The van der Waals surface area contributed by atoms with Crippen LogP contribution in [0.5, 0.6) is 0 Å². The van der Waals surface area contributed by atoms with Gasteiger partial charge < -0.3 is 16.4 Å². The third kappa shape index (κ3) is 3.92. The van der Waals surface area contributed by atoms with Crippen LogP contribution in [0.25, 0.3) is 0 Å². The summed E-state index contributed by atoms with van der Waals surface area (Å²) in [5.74, 6) is -0.400. The maximum Gasteiger partial charge on any atom is 0.254 e. The predicted octanol–water partition coefficient (Wildman–Crippen LogP) is 1.95. The molecule has 2 rings (SSSR count). The minimum Gasteiger partial charge on any atom is -0.396 e. The van der Waals surface area contributed by atoms with E-state index >= 15 is 0 Å². The molecular formula is C15H17FN4O. The van der Waals surface area contributed by atoms with Crippen LogP contribution in [0.15, 0.2) is 36.4 Å². The molecule has 1 heterocycles. The molecule has 0 aliphatic rings. The van der Waals surface area contributed by atoms with Crippen LogP contribution in [0.3, 0.4) is 0 Å². The van der Waals surface area contributed by atoms with Crippen molar-refractivity contribution in [2.24, 2.45) is 0 Å². The molecule has 0 saturated carbocycles. The van der Waals surface area contributed by atoms with Gasteiger partial charge in [0.25, 0.3) is 5.91 Å². The van der Waals surface area contributed by atoms with Crippen molar-refractivity contribution in [3.8, 4) is 0 Å². The normalized spacial score (nSPS) is 10.2. The SMILES string of the molecule is Cc1ccc(N)c(NCCNC(=O)c2ccccc2F)n1. The second-order valence-electron chi connectivity index (χ2n) is 4.55. The molecule has 1 aromatic carbocycles. The van der Waals surface area contributed by atoms with E-state index in [1.165, 1.54) is 12.1 Å². The van der Waals surface area contributed by atoms with Crippen LogP contribution >= 0.6 is 0 Å². The first-order chi connectivity index (χ1) is 10.1. The molecule has 1 amide bonds. The molecule has 4 N–H and O–H groups in total. The molecule has 0 aliphatic heterocycles. The molecule has 0 radical (unpaired) electrons. The number of nitrogens with one attached hydrogen (secondary N) is 2. The zero-order chi connectivity index (χ0) is 15.2. The Labute approximate surface area is 122 Å². The standard InChI is InChI=1S/C15H17FN4O/c1-10-6-7-13(17)14(20-10)18-8-9-19-15(21)11-4-2-3-5-12(11)16/h2-7H,8-9,17H2,1H3,(H,18,20)(H,19,21). The second-order valence-corrected chi connectivity index (χ2v) is 4.55. The quantitative estimate of drug-likeness (QED) is 0.735. The molecular weight excluding hydrogens is 271 g/mol. The number of nitrogens with zero attached hydrogens (tertiary/aromatic N) is 1. The van der Waals surface area contributed by atoms with Crippen molar-refractivity contribution >= 4 is 17.4 Å². The van der Waals surface area contributed by atoms with E-state index in [0.29, 0.717) is 24.6 Å². The summed E-state index contributed by atoms with van der Waals surface area (Å²) in [5.41, 5.74) is 7.21. The van der Waals surface area contributed by atoms with Crippen LogP contribution < -0.4 is 16.4 Å². The van der Waals surface area contributed by atoms with Crippen LogP contribution in [-0.4, -0.2) is 24.0 Å². The third-order valence-electron chi connectivity index (χ3n) is 2.89.